The Morgan fingerprint density at radius 3 is 2.52 bits per heavy atom. The molecule has 1 fully saturated rings. The molecule has 1 atom stereocenters. The first-order valence-electron chi connectivity index (χ1n) is 6.78. The van der Waals surface area contributed by atoms with Crippen LogP contribution in [0, 0.1) is 10.1 Å². The molecule has 2 aliphatic rings. The van der Waals surface area contributed by atoms with Gasteiger partial charge in [-0.2, -0.15) is 0 Å². The highest BCUT2D eigenvalue weighted by atomic mass is 16.6. The van der Waals surface area contributed by atoms with E-state index in [9.17, 15) is 29.3 Å². The van der Waals surface area contributed by atoms with Gasteiger partial charge in [-0.15, -0.1) is 0 Å². The van der Waals surface area contributed by atoms with Crippen molar-refractivity contribution >= 4 is 29.3 Å². The van der Waals surface area contributed by atoms with E-state index in [2.05, 4.69) is 5.32 Å². The first-order chi connectivity index (χ1) is 10.8. The average molecular weight is 317 g/mol. The summed E-state index contributed by atoms with van der Waals surface area (Å²) in [7, 11) is 0. The minimum atomic E-state index is -1.56. The lowest BCUT2D eigenvalue weighted by Gasteiger charge is -2.37. The van der Waals surface area contributed by atoms with Gasteiger partial charge in [0.1, 0.15) is 11.1 Å². The van der Waals surface area contributed by atoms with E-state index in [1.807, 2.05) is 0 Å². The fraction of sp³-hybridized carbons (Fsp3) is 0.286. The van der Waals surface area contributed by atoms with Gasteiger partial charge in [0.25, 0.3) is 23.4 Å². The molecule has 0 unspecified atom stereocenters. The van der Waals surface area contributed by atoms with Gasteiger partial charge in [0, 0.05) is 12.5 Å². The molecule has 23 heavy (non-hydrogen) atoms. The lowest BCUT2D eigenvalue weighted by atomic mass is 9.89. The third kappa shape index (κ3) is 1.93. The average Bonchev–Trinajstić information content (AvgIpc) is 2.76. The van der Waals surface area contributed by atoms with Gasteiger partial charge in [0.2, 0.25) is 5.91 Å². The zero-order valence-corrected chi connectivity index (χ0v) is 12.0. The summed E-state index contributed by atoms with van der Waals surface area (Å²) >= 11 is 0. The number of nitro benzene ring substituents is 1. The molecule has 1 aromatic carbocycles. The van der Waals surface area contributed by atoms with E-state index >= 15 is 0 Å². The number of imide groups is 2. The zero-order valence-electron chi connectivity index (χ0n) is 12.0. The third-order valence-electron chi connectivity index (χ3n) is 4.16. The Balaban J connectivity index is 2.11. The molecule has 0 saturated carbocycles. The molecule has 0 bridgehead atoms. The van der Waals surface area contributed by atoms with Gasteiger partial charge in [-0.3, -0.25) is 39.5 Å². The molecule has 0 aromatic heterocycles. The smallest absolute Gasteiger partial charge is 0.282 e. The van der Waals surface area contributed by atoms with E-state index in [0.717, 1.165) is 6.07 Å². The summed E-state index contributed by atoms with van der Waals surface area (Å²) in [6.45, 7) is 1.36. The van der Waals surface area contributed by atoms with Gasteiger partial charge in [-0.25, -0.2) is 0 Å². The minimum Gasteiger partial charge on any atom is -0.294 e. The van der Waals surface area contributed by atoms with Crippen LogP contribution in [-0.2, 0) is 9.59 Å². The number of carbonyl (C=O) groups is 4. The van der Waals surface area contributed by atoms with Crippen LogP contribution in [0.2, 0.25) is 0 Å². The Labute approximate surface area is 129 Å². The number of carbonyl (C=O) groups excluding carboxylic acids is 4. The van der Waals surface area contributed by atoms with Crippen molar-refractivity contribution in [3.05, 3.63) is 39.4 Å². The predicted octanol–water partition coefficient (Wildman–Crippen LogP) is 0.386. The van der Waals surface area contributed by atoms with E-state index in [0.29, 0.717) is 4.90 Å². The van der Waals surface area contributed by atoms with Crippen molar-refractivity contribution in [3.63, 3.8) is 0 Å². The Morgan fingerprint density at radius 2 is 1.91 bits per heavy atom. The SMILES string of the molecule is C[C@@]1(N2C(=O)c3cccc([N+](=O)[O-])c3C2=O)CCC(=O)NC1=O. The number of piperidine rings is 1. The molecule has 4 amide bonds. The number of nitrogens with zero attached hydrogens (tertiary/aromatic N) is 2. The molecular formula is C14H11N3O6. The van der Waals surface area contributed by atoms with Gasteiger partial charge < -0.3 is 0 Å². The largest absolute Gasteiger partial charge is 0.294 e. The Bertz CT molecular complexity index is 802. The molecule has 9 nitrogen and oxygen atoms in total. The van der Waals surface area contributed by atoms with Crippen LogP contribution in [-0.4, -0.2) is 39.0 Å². The molecule has 1 aromatic rings. The van der Waals surface area contributed by atoms with Gasteiger partial charge in [-0.05, 0) is 19.4 Å². The van der Waals surface area contributed by atoms with Crippen molar-refractivity contribution in [2.45, 2.75) is 25.3 Å². The van der Waals surface area contributed by atoms with Crippen LogP contribution < -0.4 is 5.32 Å². The monoisotopic (exact) mass is 317 g/mol. The van der Waals surface area contributed by atoms with Crippen LogP contribution >= 0.6 is 0 Å². The van der Waals surface area contributed by atoms with Crippen molar-refractivity contribution in [2.24, 2.45) is 0 Å². The number of nitro groups is 1. The fourth-order valence-corrected chi connectivity index (χ4v) is 2.88. The molecule has 0 aliphatic carbocycles. The normalized spacial score (nSPS) is 23.8. The van der Waals surface area contributed by atoms with Crippen molar-refractivity contribution < 1.29 is 24.1 Å². The number of fused-ring (bicyclic) bond motifs is 1. The van der Waals surface area contributed by atoms with Gasteiger partial charge in [0.15, 0.2) is 0 Å². The summed E-state index contributed by atoms with van der Waals surface area (Å²) in [5, 5.41) is 13.2. The predicted molar refractivity (Wildman–Crippen MR) is 74.4 cm³/mol. The number of nitrogens with one attached hydrogen (secondary N) is 1. The second-order valence-corrected chi connectivity index (χ2v) is 5.55. The molecule has 0 spiro atoms. The van der Waals surface area contributed by atoms with Gasteiger partial charge in [0.05, 0.1) is 10.5 Å². The van der Waals surface area contributed by atoms with Crippen LogP contribution in [0.25, 0.3) is 0 Å². The minimum absolute atomic E-state index is 0.0300. The van der Waals surface area contributed by atoms with Crippen LogP contribution in [0.1, 0.15) is 40.5 Å². The summed E-state index contributed by atoms with van der Waals surface area (Å²) in [5.41, 5.74) is -2.49. The summed E-state index contributed by atoms with van der Waals surface area (Å²) in [5.74, 6) is -2.94. The van der Waals surface area contributed by atoms with Gasteiger partial charge >= 0.3 is 0 Å². The Hall–Kier alpha value is -3.10. The Morgan fingerprint density at radius 1 is 1.22 bits per heavy atom. The van der Waals surface area contributed by atoms with Crippen molar-refractivity contribution in [3.8, 4) is 0 Å². The molecule has 3 rings (SSSR count). The van der Waals surface area contributed by atoms with E-state index < -0.39 is 39.8 Å². The van der Waals surface area contributed by atoms with Crippen LogP contribution in [0.5, 0.6) is 0 Å². The molecule has 118 valence electrons. The van der Waals surface area contributed by atoms with E-state index in [4.69, 9.17) is 0 Å². The van der Waals surface area contributed by atoms with Crippen molar-refractivity contribution in [2.75, 3.05) is 0 Å². The molecule has 0 radical (unpaired) electrons. The zero-order chi connectivity index (χ0) is 16.9. The highest BCUT2D eigenvalue weighted by Gasteiger charge is 2.54. The maximum Gasteiger partial charge on any atom is 0.282 e. The quantitative estimate of drug-likeness (QED) is 0.477. The van der Waals surface area contributed by atoms with Gasteiger partial charge in [-0.1, -0.05) is 6.07 Å². The highest BCUT2D eigenvalue weighted by molar-refractivity contribution is 6.25. The standard InChI is InChI=1S/C14H11N3O6/c1-14(6-5-9(18)15-13(14)21)16-11(19)7-3-2-4-8(17(22)23)10(7)12(16)20/h2-4H,5-6H2,1H3,(H,15,18,21)/t14-/m1/s1. The number of hydrogen-bond donors (Lipinski definition) is 1. The summed E-state index contributed by atoms with van der Waals surface area (Å²) < 4.78 is 0. The molecule has 1 saturated heterocycles. The summed E-state index contributed by atoms with van der Waals surface area (Å²) in [6.07, 6.45) is -0.0608. The lowest BCUT2D eigenvalue weighted by Crippen LogP contribution is -2.62. The van der Waals surface area contributed by atoms with Crippen LogP contribution in [0.3, 0.4) is 0 Å². The fourth-order valence-electron chi connectivity index (χ4n) is 2.88. The molecular weight excluding hydrogens is 306 g/mol. The topological polar surface area (TPSA) is 127 Å². The van der Waals surface area contributed by atoms with E-state index in [1.165, 1.54) is 19.1 Å². The first-order valence-corrected chi connectivity index (χ1v) is 6.78. The third-order valence-corrected chi connectivity index (χ3v) is 4.16. The maximum absolute atomic E-state index is 12.6. The second kappa shape index (κ2) is 4.70. The molecule has 2 heterocycles. The van der Waals surface area contributed by atoms with E-state index in [-0.39, 0.29) is 24.0 Å². The second-order valence-electron chi connectivity index (χ2n) is 5.55. The van der Waals surface area contributed by atoms with Crippen LogP contribution in [0.15, 0.2) is 18.2 Å². The van der Waals surface area contributed by atoms with E-state index in [1.54, 1.807) is 0 Å². The van der Waals surface area contributed by atoms with Crippen molar-refractivity contribution in [1.29, 1.82) is 0 Å². The molecule has 1 N–H and O–H groups in total. The number of benzene rings is 1. The van der Waals surface area contributed by atoms with Crippen molar-refractivity contribution in [1.82, 2.24) is 10.2 Å². The number of hydrogen-bond acceptors (Lipinski definition) is 6. The number of rotatable bonds is 2. The highest BCUT2D eigenvalue weighted by Crippen LogP contribution is 2.37. The summed E-state index contributed by atoms with van der Waals surface area (Å²) in [4.78, 5) is 59.6. The Kier molecular flexibility index (Phi) is 3.03. The number of amides is 4. The first kappa shape index (κ1) is 14.8. The van der Waals surface area contributed by atoms with Crippen LogP contribution in [0.4, 0.5) is 5.69 Å². The maximum atomic E-state index is 12.6. The lowest BCUT2D eigenvalue weighted by molar-refractivity contribution is -0.385. The molecule has 2 aliphatic heterocycles. The summed E-state index contributed by atoms with van der Waals surface area (Å²) in [6, 6.07) is 3.73. The molecule has 9 heteroatoms.